The number of nitrogens with one attached hydrogen (secondary N) is 1. The number of allylic oxidation sites excluding steroid dienone is 2. The summed E-state index contributed by atoms with van der Waals surface area (Å²) in [6, 6.07) is 20.0. The summed E-state index contributed by atoms with van der Waals surface area (Å²) in [5.41, 5.74) is 3.27. The van der Waals surface area contributed by atoms with E-state index in [1.165, 1.54) is 16.3 Å². The highest BCUT2D eigenvalue weighted by molar-refractivity contribution is 5.96. The molecule has 5 rings (SSSR count). The van der Waals surface area contributed by atoms with Gasteiger partial charge in [0.1, 0.15) is 5.82 Å². The minimum Gasteiger partial charge on any atom is -0.377 e. The van der Waals surface area contributed by atoms with Crippen LogP contribution in [0.25, 0.3) is 10.8 Å². The molecule has 3 atom stereocenters. The number of rotatable bonds is 1. The number of halogens is 1. The first-order chi connectivity index (χ1) is 11.8. The highest BCUT2D eigenvalue weighted by Gasteiger charge is 2.39. The second-order valence-corrected chi connectivity index (χ2v) is 6.75. The lowest BCUT2D eigenvalue weighted by Gasteiger charge is -2.38. The lowest BCUT2D eigenvalue weighted by molar-refractivity contribution is 0.414. The summed E-state index contributed by atoms with van der Waals surface area (Å²) >= 11 is 0. The second-order valence-electron chi connectivity index (χ2n) is 6.75. The molecular weight excluding hydrogens is 297 g/mol. The predicted octanol–water partition coefficient (Wildman–Crippen LogP) is 5.81. The van der Waals surface area contributed by atoms with Crippen LogP contribution in [0.1, 0.15) is 29.5 Å². The normalized spacial score (nSPS) is 24.5. The molecule has 3 aromatic carbocycles. The molecule has 0 amide bonds. The highest BCUT2D eigenvalue weighted by Crippen LogP contribution is 2.51. The Morgan fingerprint density at radius 1 is 0.875 bits per heavy atom. The van der Waals surface area contributed by atoms with Crippen LogP contribution in [0.3, 0.4) is 0 Å². The molecule has 0 saturated carbocycles. The van der Waals surface area contributed by atoms with Crippen LogP contribution >= 0.6 is 0 Å². The molecule has 2 heteroatoms. The van der Waals surface area contributed by atoms with Gasteiger partial charge in [-0.2, -0.15) is 0 Å². The quantitative estimate of drug-likeness (QED) is 0.559. The molecule has 24 heavy (non-hydrogen) atoms. The van der Waals surface area contributed by atoms with Crippen molar-refractivity contribution in [3.63, 3.8) is 0 Å². The largest absolute Gasteiger partial charge is 0.377 e. The third-order valence-corrected chi connectivity index (χ3v) is 5.50. The summed E-state index contributed by atoms with van der Waals surface area (Å²) in [6.07, 6.45) is 5.53. The minimum absolute atomic E-state index is 0.00417. The Morgan fingerprint density at radius 2 is 1.71 bits per heavy atom. The van der Waals surface area contributed by atoms with Gasteiger partial charge in [-0.15, -0.1) is 0 Å². The van der Waals surface area contributed by atoms with Crippen molar-refractivity contribution >= 4 is 16.5 Å². The van der Waals surface area contributed by atoms with Gasteiger partial charge in [-0.05, 0) is 29.4 Å². The van der Waals surface area contributed by atoms with Gasteiger partial charge in [-0.3, -0.25) is 0 Å². The summed E-state index contributed by atoms with van der Waals surface area (Å²) in [5.74, 6) is 0.607. The Balaban J connectivity index is 1.72. The molecule has 118 valence electrons. The van der Waals surface area contributed by atoms with Crippen molar-refractivity contribution in [1.29, 1.82) is 0 Å². The number of anilines is 1. The van der Waals surface area contributed by atoms with E-state index in [-0.39, 0.29) is 11.9 Å². The summed E-state index contributed by atoms with van der Waals surface area (Å²) in [4.78, 5) is 0. The first-order valence-corrected chi connectivity index (χ1v) is 8.52. The molecule has 0 spiro atoms. The van der Waals surface area contributed by atoms with Crippen molar-refractivity contribution in [2.45, 2.75) is 18.4 Å². The van der Waals surface area contributed by atoms with E-state index < -0.39 is 0 Å². The van der Waals surface area contributed by atoms with Crippen LogP contribution in [-0.4, -0.2) is 0 Å². The van der Waals surface area contributed by atoms with Crippen molar-refractivity contribution in [2.75, 3.05) is 5.32 Å². The first kappa shape index (κ1) is 13.8. The second kappa shape index (κ2) is 5.20. The Bertz CT molecular complexity index is 959. The molecule has 1 aliphatic heterocycles. The Kier molecular flexibility index (Phi) is 2.99. The van der Waals surface area contributed by atoms with Crippen molar-refractivity contribution in [2.24, 2.45) is 5.92 Å². The highest BCUT2D eigenvalue weighted by atomic mass is 19.1. The molecule has 1 nitrogen and oxygen atoms in total. The standard InChI is InChI=1S/C22H18FN/c23-20-11-4-3-8-19(20)22-17-10-5-9-16(17)18-13-12-14-6-1-2-7-15(14)21(18)24-22/h1-9,11-13,16-17,22,24H,10H2/t16-,17+,22-/m1/s1. The van der Waals surface area contributed by atoms with Crippen molar-refractivity contribution in [3.8, 4) is 0 Å². The smallest absolute Gasteiger partial charge is 0.128 e. The van der Waals surface area contributed by atoms with Crippen LogP contribution in [0.5, 0.6) is 0 Å². The van der Waals surface area contributed by atoms with E-state index in [1.807, 2.05) is 12.1 Å². The minimum atomic E-state index is -0.121. The Labute approximate surface area is 140 Å². The average molecular weight is 315 g/mol. The summed E-state index contributed by atoms with van der Waals surface area (Å²) < 4.78 is 14.5. The monoisotopic (exact) mass is 315 g/mol. The van der Waals surface area contributed by atoms with E-state index in [4.69, 9.17) is 0 Å². The fraction of sp³-hybridized carbons (Fsp3) is 0.182. The van der Waals surface area contributed by atoms with E-state index >= 15 is 0 Å². The molecule has 2 aliphatic rings. The molecule has 0 bridgehead atoms. The molecule has 0 fully saturated rings. The van der Waals surface area contributed by atoms with Gasteiger partial charge in [0.2, 0.25) is 0 Å². The SMILES string of the molecule is Fc1ccccc1[C@@H]1Nc2c(ccc3ccccc23)[C@@H]2C=CC[C@@H]21. The fourth-order valence-electron chi connectivity index (χ4n) is 4.37. The van der Waals surface area contributed by atoms with Crippen LogP contribution in [0.15, 0.2) is 72.8 Å². The maximum atomic E-state index is 14.5. The first-order valence-electron chi connectivity index (χ1n) is 8.52. The molecule has 0 aromatic heterocycles. The van der Waals surface area contributed by atoms with Crippen LogP contribution < -0.4 is 5.32 Å². The topological polar surface area (TPSA) is 12.0 Å². The maximum absolute atomic E-state index is 14.5. The van der Waals surface area contributed by atoms with Gasteiger partial charge in [0.15, 0.2) is 0 Å². The van der Waals surface area contributed by atoms with Crippen molar-refractivity contribution in [3.05, 3.63) is 89.8 Å². The van der Waals surface area contributed by atoms with Gasteiger partial charge in [0.25, 0.3) is 0 Å². The van der Waals surface area contributed by atoms with Gasteiger partial charge < -0.3 is 5.32 Å². The van der Waals surface area contributed by atoms with E-state index in [0.29, 0.717) is 11.8 Å². The lowest BCUT2D eigenvalue weighted by atomic mass is 9.76. The van der Waals surface area contributed by atoms with Gasteiger partial charge in [-0.25, -0.2) is 4.39 Å². The third-order valence-electron chi connectivity index (χ3n) is 5.50. The van der Waals surface area contributed by atoms with Crippen molar-refractivity contribution < 1.29 is 4.39 Å². The van der Waals surface area contributed by atoms with Gasteiger partial charge in [-0.1, -0.05) is 66.7 Å². The molecule has 0 unspecified atom stereocenters. The van der Waals surface area contributed by atoms with Crippen LogP contribution in [0.4, 0.5) is 10.1 Å². The molecule has 1 aliphatic carbocycles. The molecule has 1 heterocycles. The summed E-state index contributed by atoms with van der Waals surface area (Å²) in [7, 11) is 0. The van der Waals surface area contributed by atoms with E-state index in [0.717, 1.165) is 17.7 Å². The molecule has 3 aromatic rings. The summed E-state index contributed by atoms with van der Waals surface area (Å²) in [5, 5.41) is 6.13. The van der Waals surface area contributed by atoms with Gasteiger partial charge in [0.05, 0.1) is 6.04 Å². The predicted molar refractivity (Wildman–Crippen MR) is 96.7 cm³/mol. The van der Waals surface area contributed by atoms with Crippen LogP contribution in [-0.2, 0) is 0 Å². The lowest BCUT2D eigenvalue weighted by Crippen LogP contribution is -2.29. The zero-order chi connectivity index (χ0) is 16.1. The zero-order valence-corrected chi connectivity index (χ0v) is 13.2. The Hall–Kier alpha value is -2.61. The number of hydrogen-bond donors (Lipinski definition) is 1. The van der Waals surface area contributed by atoms with Gasteiger partial charge >= 0.3 is 0 Å². The molecule has 1 N–H and O–H groups in total. The maximum Gasteiger partial charge on any atom is 0.128 e. The summed E-state index contributed by atoms with van der Waals surface area (Å²) in [6.45, 7) is 0. The average Bonchev–Trinajstić information content (AvgIpc) is 3.11. The molecule has 0 saturated heterocycles. The number of benzene rings is 3. The molecule has 0 radical (unpaired) electrons. The zero-order valence-electron chi connectivity index (χ0n) is 13.2. The number of hydrogen-bond acceptors (Lipinski definition) is 1. The Morgan fingerprint density at radius 3 is 2.62 bits per heavy atom. The van der Waals surface area contributed by atoms with E-state index in [9.17, 15) is 4.39 Å². The van der Waals surface area contributed by atoms with Crippen molar-refractivity contribution in [1.82, 2.24) is 0 Å². The van der Waals surface area contributed by atoms with E-state index in [1.54, 1.807) is 12.1 Å². The van der Waals surface area contributed by atoms with Crippen LogP contribution in [0, 0.1) is 11.7 Å². The van der Waals surface area contributed by atoms with E-state index in [2.05, 4.69) is 53.9 Å². The van der Waals surface area contributed by atoms with Gasteiger partial charge in [0, 0.05) is 22.6 Å². The number of fused-ring (bicyclic) bond motifs is 5. The third kappa shape index (κ3) is 1.92. The molecular formula is C22H18FN. The fourth-order valence-corrected chi connectivity index (χ4v) is 4.37. The van der Waals surface area contributed by atoms with Crippen LogP contribution in [0.2, 0.25) is 0 Å².